The van der Waals surface area contributed by atoms with Crippen LogP contribution >= 0.6 is 35.5 Å². The summed E-state index contributed by atoms with van der Waals surface area (Å²) in [7, 11) is -4.93. The summed E-state index contributed by atoms with van der Waals surface area (Å²) in [6.45, 7) is 3.28. The first-order chi connectivity index (χ1) is 6.55. The second-order valence-electron chi connectivity index (χ2n) is 3.50. The van der Waals surface area contributed by atoms with Crippen LogP contribution in [0.15, 0.2) is 0 Å². The Labute approximate surface area is 101 Å². The van der Waals surface area contributed by atoms with Gasteiger partial charge in [-0.2, -0.15) is 0 Å². The zero-order chi connectivity index (χ0) is 12.4. The van der Waals surface area contributed by atoms with E-state index in [2.05, 4.69) is 16.1 Å². The molecule has 0 heterocycles. The first-order valence-electron chi connectivity index (χ1n) is 3.96. The molecule has 0 aliphatic heterocycles. The zero-order valence-electron chi connectivity index (χ0n) is 8.09. The molecule has 0 saturated carbocycles. The lowest BCUT2D eigenvalue weighted by atomic mass is 10.0. The molecule has 6 nitrogen and oxygen atoms in total. The average molecular weight is 324 g/mol. The van der Waals surface area contributed by atoms with Crippen molar-refractivity contribution in [1.29, 1.82) is 0 Å². The van der Waals surface area contributed by atoms with E-state index in [4.69, 9.17) is 26.7 Å². The van der Waals surface area contributed by atoms with Gasteiger partial charge in [0.2, 0.25) is 5.28 Å². The fourth-order valence-electron chi connectivity index (χ4n) is 1.14. The molecule has 0 spiro atoms. The number of rotatable bonds is 5. The lowest BCUT2D eigenvalue weighted by Crippen LogP contribution is -2.47. The van der Waals surface area contributed by atoms with Crippen molar-refractivity contribution in [2.24, 2.45) is 5.92 Å². The van der Waals surface area contributed by atoms with E-state index in [1.165, 1.54) is 0 Å². The highest BCUT2D eigenvalue weighted by Gasteiger charge is 2.58. The molecular weight excluding hydrogens is 312 g/mol. The van der Waals surface area contributed by atoms with Crippen molar-refractivity contribution in [2.45, 2.75) is 25.5 Å². The first-order valence-corrected chi connectivity index (χ1v) is 6.62. The van der Waals surface area contributed by atoms with Gasteiger partial charge < -0.3 is 14.9 Å². The molecule has 0 fully saturated rings. The molecule has 0 bridgehead atoms. The van der Waals surface area contributed by atoms with E-state index in [-0.39, 0.29) is 12.3 Å². The van der Waals surface area contributed by atoms with E-state index in [1.54, 1.807) is 13.8 Å². The van der Waals surface area contributed by atoms with Gasteiger partial charge in [-0.1, -0.05) is 13.8 Å². The quantitative estimate of drug-likeness (QED) is 0.526. The molecule has 9 heteroatoms. The van der Waals surface area contributed by atoms with E-state index < -0.39 is 18.8 Å². The van der Waals surface area contributed by atoms with Gasteiger partial charge >= 0.3 is 13.6 Å². The second-order valence-corrected chi connectivity index (χ2v) is 6.78. The van der Waals surface area contributed by atoms with Crippen LogP contribution in [0, 0.1) is 5.92 Å². The van der Waals surface area contributed by atoms with Gasteiger partial charge in [-0.05, 0) is 24.1 Å². The van der Waals surface area contributed by atoms with E-state index in [0.717, 1.165) is 0 Å². The maximum absolute atomic E-state index is 11.2. The Morgan fingerprint density at radius 3 is 2.07 bits per heavy atom. The lowest BCUT2D eigenvalue weighted by molar-refractivity contribution is -0.143. The predicted octanol–water partition coefficient (Wildman–Crippen LogP) is 1.76. The first kappa shape index (κ1) is 15.3. The maximum Gasteiger partial charge on any atom is 0.359 e. The summed E-state index contributed by atoms with van der Waals surface area (Å²) in [6.07, 6.45) is -0.276. The SMILES string of the molecule is CC(C)CC(C(=O)O)(N(Cl)Br)P(=O)(O)O. The third-order valence-corrected chi connectivity index (χ3v) is 4.62. The van der Waals surface area contributed by atoms with Crippen LogP contribution in [-0.2, 0) is 9.36 Å². The van der Waals surface area contributed by atoms with Crippen LogP contribution in [0.3, 0.4) is 0 Å². The minimum Gasteiger partial charge on any atom is -0.479 e. The van der Waals surface area contributed by atoms with Gasteiger partial charge in [-0.15, -0.1) is 3.45 Å². The topological polar surface area (TPSA) is 98.1 Å². The minimum atomic E-state index is -4.93. The van der Waals surface area contributed by atoms with Crippen LogP contribution in [-0.4, -0.2) is 29.6 Å². The fraction of sp³-hybridized carbons (Fsp3) is 0.833. The number of hydrogen-bond donors (Lipinski definition) is 3. The molecule has 3 N–H and O–H groups in total. The third-order valence-electron chi connectivity index (χ3n) is 1.80. The van der Waals surface area contributed by atoms with Crippen LogP contribution in [0.4, 0.5) is 0 Å². The molecule has 0 aromatic rings. The smallest absolute Gasteiger partial charge is 0.359 e. The molecule has 15 heavy (non-hydrogen) atoms. The molecule has 0 radical (unpaired) electrons. The molecule has 0 rings (SSSR count). The molecule has 0 aliphatic rings. The monoisotopic (exact) mass is 323 g/mol. The van der Waals surface area contributed by atoms with Gasteiger partial charge in [0.05, 0.1) is 0 Å². The predicted molar refractivity (Wildman–Crippen MR) is 58.5 cm³/mol. The molecule has 1 unspecified atom stereocenters. The van der Waals surface area contributed by atoms with Crippen molar-refractivity contribution in [3.63, 3.8) is 0 Å². The Balaban J connectivity index is 5.50. The van der Waals surface area contributed by atoms with E-state index in [0.29, 0.717) is 3.45 Å². The Kier molecular flexibility index (Phi) is 5.24. The van der Waals surface area contributed by atoms with E-state index in [9.17, 15) is 9.36 Å². The van der Waals surface area contributed by atoms with Crippen molar-refractivity contribution in [2.75, 3.05) is 0 Å². The molecule has 1 atom stereocenters. The number of carbonyl (C=O) groups is 1. The average Bonchev–Trinajstić information content (AvgIpc) is 1.95. The van der Waals surface area contributed by atoms with Crippen LogP contribution in [0.5, 0.6) is 0 Å². The fourth-order valence-corrected chi connectivity index (χ4v) is 3.54. The summed E-state index contributed by atoms with van der Waals surface area (Å²) in [5.41, 5.74) is 0. The molecule has 0 aromatic heterocycles. The molecular formula is C6H12BrClNO5P. The van der Waals surface area contributed by atoms with Gasteiger partial charge in [-0.3, -0.25) is 4.57 Å². The van der Waals surface area contributed by atoms with Crippen molar-refractivity contribution in [1.82, 2.24) is 3.45 Å². The highest BCUT2D eigenvalue weighted by atomic mass is 79.9. The molecule has 90 valence electrons. The number of carboxylic acid groups (broad SMARTS) is 1. The lowest BCUT2D eigenvalue weighted by Gasteiger charge is -2.33. The maximum atomic E-state index is 11.2. The van der Waals surface area contributed by atoms with E-state index in [1.807, 2.05) is 0 Å². The molecule has 0 saturated heterocycles. The summed E-state index contributed by atoms with van der Waals surface area (Å²) < 4.78 is 11.6. The Bertz CT molecular complexity index is 293. The van der Waals surface area contributed by atoms with Crippen LogP contribution in [0.2, 0.25) is 0 Å². The summed E-state index contributed by atoms with van der Waals surface area (Å²) in [5, 5.41) is 6.49. The van der Waals surface area contributed by atoms with Crippen molar-refractivity contribution in [3.8, 4) is 0 Å². The van der Waals surface area contributed by atoms with Crippen molar-refractivity contribution < 1.29 is 24.3 Å². The minimum absolute atomic E-state index is 0.243. The van der Waals surface area contributed by atoms with Gasteiger partial charge in [0.15, 0.2) is 0 Å². The summed E-state index contributed by atoms with van der Waals surface area (Å²) in [4.78, 5) is 29.2. The summed E-state index contributed by atoms with van der Waals surface area (Å²) in [5.74, 6) is -1.91. The highest BCUT2D eigenvalue weighted by Crippen LogP contribution is 2.57. The van der Waals surface area contributed by atoms with E-state index >= 15 is 0 Å². The number of nitrogens with zero attached hydrogens (tertiary/aromatic N) is 1. The number of halogens is 2. The van der Waals surface area contributed by atoms with Gasteiger partial charge in [0.1, 0.15) is 0 Å². The number of carboxylic acids is 1. The van der Waals surface area contributed by atoms with Crippen LogP contribution < -0.4 is 0 Å². The summed E-state index contributed by atoms with van der Waals surface area (Å²) >= 11 is 7.99. The number of hydrogen-bond acceptors (Lipinski definition) is 3. The normalized spacial score (nSPS) is 16.8. The Morgan fingerprint density at radius 1 is 1.60 bits per heavy atom. The van der Waals surface area contributed by atoms with Crippen molar-refractivity contribution in [3.05, 3.63) is 0 Å². The zero-order valence-corrected chi connectivity index (χ0v) is 11.3. The van der Waals surface area contributed by atoms with Gasteiger partial charge in [-0.25, -0.2) is 4.79 Å². The molecule has 0 amide bonds. The van der Waals surface area contributed by atoms with Crippen LogP contribution in [0.1, 0.15) is 20.3 Å². The van der Waals surface area contributed by atoms with Gasteiger partial charge in [0, 0.05) is 16.1 Å². The highest BCUT2D eigenvalue weighted by molar-refractivity contribution is 9.08. The standard InChI is InChI=1S/C6H12BrClNO5P/c1-4(2)3-6(5(10)11,9(7)8)15(12,13)14/h4H,3H2,1-2H3,(H,10,11)(H2,12,13,14). The van der Waals surface area contributed by atoms with Crippen LogP contribution in [0.25, 0.3) is 0 Å². The third kappa shape index (κ3) is 3.15. The largest absolute Gasteiger partial charge is 0.479 e. The number of aliphatic carboxylic acids is 1. The molecule has 0 aromatic carbocycles. The second kappa shape index (κ2) is 5.12. The Hall–Kier alpha value is 0.350. The molecule has 0 aliphatic carbocycles. The summed E-state index contributed by atoms with van der Waals surface area (Å²) in [6, 6.07) is 0. The Morgan fingerprint density at radius 2 is 2.00 bits per heavy atom. The van der Waals surface area contributed by atoms with Gasteiger partial charge in [0.25, 0.3) is 0 Å². The van der Waals surface area contributed by atoms with Crippen molar-refractivity contribution >= 4 is 41.5 Å².